The van der Waals surface area contributed by atoms with Crippen molar-refractivity contribution in [1.82, 2.24) is 5.32 Å². The summed E-state index contributed by atoms with van der Waals surface area (Å²) in [6, 6.07) is 18.2. The van der Waals surface area contributed by atoms with Gasteiger partial charge in [-0.15, -0.1) is 11.8 Å². The first-order chi connectivity index (χ1) is 18.1. The van der Waals surface area contributed by atoms with E-state index >= 15 is 0 Å². The molecule has 6 nitrogen and oxygen atoms in total. The third kappa shape index (κ3) is 6.98. The molecule has 196 valence electrons. The zero-order valence-corrected chi connectivity index (χ0v) is 22.4. The lowest BCUT2D eigenvalue weighted by Crippen LogP contribution is -2.28. The Labute approximate surface area is 223 Å². The minimum Gasteiger partial charge on any atom is -0.456 e. The van der Waals surface area contributed by atoms with E-state index in [1.165, 1.54) is 24.8 Å². The second-order valence-electron chi connectivity index (χ2n) is 9.30. The first kappa shape index (κ1) is 26.9. The van der Waals surface area contributed by atoms with Crippen molar-refractivity contribution >= 4 is 23.9 Å². The lowest BCUT2D eigenvalue weighted by Gasteiger charge is -2.28. The molecule has 1 unspecified atom stereocenters. The second-order valence-corrected chi connectivity index (χ2v) is 10.3. The van der Waals surface area contributed by atoms with Crippen LogP contribution in [0.5, 0.6) is 0 Å². The number of unbranched alkanes of at least 4 members (excludes halogenated alkanes) is 5. The van der Waals surface area contributed by atoms with E-state index in [-0.39, 0.29) is 6.61 Å². The molecule has 0 saturated carbocycles. The highest BCUT2D eigenvalue weighted by Crippen LogP contribution is 2.44. The van der Waals surface area contributed by atoms with Gasteiger partial charge in [0.1, 0.15) is 12.4 Å². The van der Waals surface area contributed by atoms with Crippen LogP contribution < -0.4 is 5.32 Å². The maximum absolute atomic E-state index is 12.8. The number of hydrogen-bond acceptors (Lipinski definition) is 7. The van der Waals surface area contributed by atoms with Gasteiger partial charge in [-0.1, -0.05) is 87.6 Å². The first-order valence-electron chi connectivity index (χ1n) is 13.1. The summed E-state index contributed by atoms with van der Waals surface area (Å²) in [5, 5.41) is 3.21. The number of allylic oxidation sites excluding steroid dienone is 2. The molecule has 2 aliphatic rings. The molecule has 0 bridgehead atoms. The molecular formula is C30H35NO5S. The van der Waals surface area contributed by atoms with Crippen LogP contribution in [0.4, 0.5) is 4.79 Å². The monoisotopic (exact) mass is 521 g/mol. The fraction of sp³-hybridized carbons (Fsp3) is 0.400. The fourth-order valence-corrected chi connectivity index (χ4v) is 5.66. The van der Waals surface area contributed by atoms with Crippen LogP contribution in [0, 0.1) is 0 Å². The Bertz CT molecular complexity index is 1160. The molecule has 0 aliphatic carbocycles. The largest absolute Gasteiger partial charge is 0.513 e. The Morgan fingerprint density at radius 2 is 1.76 bits per heavy atom. The lowest BCUT2D eigenvalue weighted by atomic mass is 9.85. The molecule has 7 heteroatoms. The van der Waals surface area contributed by atoms with Crippen molar-refractivity contribution in [3.05, 3.63) is 88.5 Å². The molecule has 2 heterocycles. The summed E-state index contributed by atoms with van der Waals surface area (Å²) in [6.07, 6.45) is 5.85. The van der Waals surface area contributed by atoms with Crippen molar-refractivity contribution < 1.29 is 23.8 Å². The van der Waals surface area contributed by atoms with Gasteiger partial charge in [0.05, 0.1) is 29.5 Å². The van der Waals surface area contributed by atoms with E-state index in [4.69, 9.17) is 14.2 Å². The van der Waals surface area contributed by atoms with Gasteiger partial charge in [0.25, 0.3) is 0 Å². The van der Waals surface area contributed by atoms with Crippen LogP contribution in [0.25, 0.3) is 0 Å². The summed E-state index contributed by atoms with van der Waals surface area (Å²) in [5.74, 6) is 0.188. The number of benzene rings is 2. The van der Waals surface area contributed by atoms with Gasteiger partial charge < -0.3 is 19.5 Å². The fourth-order valence-electron chi connectivity index (χ4n) is 4.62. The van der Waals surface area contributed by atoms with Crippen molar-refractivity contribution in [2.45, 2.75) is 68.9 Å². The van der Waals surface area contributed by atoms with Crippen molar-refractivity contribution in [1.29, 1.82) is 0 Å². The molecular weight excluding hydrogens is 486 g/mol. The molecule has 2 aromatic rings. The molecule has 2 aliphatic heterocycles. The van der Waals surface area contributed by atoms with Crippen molar-refractivity contribution in [2.24, 2.45) is 0 Å². The minimum atomic E-state index is -0.750. The van der Waals surface area contributed by atoms with Gasteiger partial charge in [0.2, 0.25) is 0 Å². The number of nitrogens with one attached hydrogen (secondary N) is 1. The van der Waals surface area contributed by atoms with E-state index in [9.17, 15) is 9.59 Å². The smallest absolute Gasteiger partial charge is 0.456 e. The molecule has 37 heavy (non-hydrogen) atoms. The Morgan fingerprint density at radius 1 is 1.03 bits per heavy atom. The maximum atomic E-state index is 12.8. The normalized spacial score (nSPS) is 16.8. The molecule has 0 aromatic heterocycles. The third-order valence-electron chi connectivity index (χ3n) is 6.53. The standard InChI is InChI=1S/C30H35NO5S/c1-3-4-5-6-7-13-18-34-30(33)36-28-21(2)31-24-19-35-29(32)27(24)26(28)23-16-11-12-17-25(23)37-20-22-14-9-8-10-15-22/h8-12,14-17,26,31H,3-7,13,18-20H2,1-2H3. The van der Waals surface area contributed by atoms with E-state index in [0.717, 1.165) is 35.5 Å². The van der Waals surface area contributed by atoms with Crippen LogP contribution in [0.1, 0.15) is 69.4 Å². The Balaban J connectivity index is 1.51. The maximum Gasteiger partial charge on any atom is 0.513 e. The zero-order chi connectivity index (χ0) is 26.0. The van der Waals surface area contributed by atoms with Crippen molar-refractivity contribution in [3.63, 3.8) is 0 Å². The van der Waals surface area contributed by atoms with Gasteiger partial charge in [-0.25, -0.2) is 9.59 Å². The van der Waals surface area contributed by atoms with Crippen molar-refractivity contribution in [3.8, 4) is 0 Å². The molecule has 0 saturated heterocycles. The second kappa shape index (κ2) is 13.4. The molecule has 0 amide bonds. The average molecular weight is 522 g/mol. The number of ether oxygens (including phenoxy) is 3. The highest BCUT2D eigenvalue weighted by Gasteiger charge is 2.42. The van der Waals surface area contributed by atoms with Gasteiger partial charge in [0, 0.05) is 10.6 Å². The summed E-state index contributed by atoms with van der Waals surface area (Å²) in [4.78, 5) is 26.5. The first-order valence-corrected chi connectivity index (χ1v) is 14.0. The minimum absolute atomic E-state index is 0.178. The number of rotatable bonds is 12. The molecule has 1 atom stereocenters. The van der Waals surface area contributed by atoms with Crippen molar-refractivity contribution in [2.75, 3.05) is 13.2 Å². The summed E-state index contributed by atoms with van der Waals surface area (Å²) in [6.45, 7) is 4.52. The van der Waals surface area contributed by atoms with E-state index in [0.29, 0.717) is 29.3 Å². The van der Waals surface area contributed by atoms with Gasteiger partial charge in [-0.3, -0.25) is 0 Å². The van der Waals surface area contributed by atoms with E-state index in [1.54, 1.807) is 11.8 Å². The number of hydrogen-bond donors (Lipinski definition) is 1. The van der Waals surface area contributed by atoms with Gasteiger partial charge in [-0.05, 0) is 30.5 Å². The van der Waals surface area contributed by atoms with E-state index < -0.39 is 18.0 Å². The lowest BCUT2D eigenvalue weighted by molar-refractivity contribution is -0.136. The summed E-state index contributed by atoms with van der Waals surface area (Å²) < 4.78 is 16.6. The van der Waals surface area contributed by atoms with E-state index in [1.807, 2.05) is 49.4 Å². The number of esters is 1. The van der Waals surface area contributed by atoms with Crippen LogP contribution in [0.3, 0.4) is 0 Å². The highest BCUT2D eigenvalue weighted by molar-refractivity contribution is 7.98. The van der Waals surface area contributed by atoms with Gasteiger partial charge in [0.15, 0.2) is 0 Å². The molecule has 2 aromatic carbocycles. The summed E-state index contributed by atoms with van der Waals surface area (Å²) >= 11 is 1.69. The number of thioether (sulfide) groups is 1. The molecule has 0 spiro atoms. The predicted octanol–water partition coefficient (Wildman–Crippen LogP) is 7.22. The number of carbonyl (C=O) groups excluding carboxylic acids is 2. The molecule has 1 N–H and O–H groups in total. The topological polar surface area (TPSA) is 73.9 Å². The zero-order valence-electron chi connectivity index (χ0n) is 21.6. The van der Waals surface area contributed by atoms with E-state index in [2.05, 4.69) is 24.4 Å². The third-order valence-corrected chi connectivity index (χ3v) is 7.69. The van der Waals surface area contributed by atoms with Gasteiger partial charge in [-0.2, -0.15) is 0 Å². The Morgan fingerprint density at radius 3 is 2.57 bits per heavy atom. The summed E-state index contributed by atoms with van der Waals surface area (Å²) in [7, 11) is 0. The quantitative estimate of drug-likeness (QED) is 0.179. The van der Waals surface area contributed by atoms with Crippen LogP contribution in [0.2, 0.25) is 0 Å². The van der Waals surface area contributed by atoms with Crippen LogP contribution in [0.15, 0.2) is 82.2 Å². The Hall–Kier alpha value is -3.19. The van der Waals surface area contributed by atoms with Crippen LogP contribution in [-0.4, -0.2) is 25.3 Å². The molecule has 0 fully saturated rings. The number of dihydropyridines is 1. The molecule has 4 rings (SSSR count). The SMILES string of the molecule is CCCCCCCCOC(=O)OC1=C(C)NC2=C(C(=O)OC2)C1c1ccccc1SCc1ccccc1. The van der Waals surface area contributed by atoms with Crippen LogP contribution >= 0.6 is 11.8 Å². The number of carbonyl (C=O) groups is 2. The summed E-state index contributed by atoms with van der Waals surface area (Å²) in [5.41, 5.74) is 3.96. The van der Waals surface area contributed by atoms with Crippen LogP contribution in [-0.2, 0) is 24.8 Å². The average Bonchev–Trinajstić information content (AvgIpc) is 3.28. The molecule has 0 radical (unpaired) electrons. The Kier molecular flexibility index (Phi) is 9.71. The van der Waals surface area contributed by atoms with Gasteiger partial charge >= 0.3 is 12.1 Å². The number of cyclic esters (lactones) is 1. The predicted molar refractivity (Wildman–Crippen MR) is 145 cm³/mol. The highest BCUT2D eigenvalue weighted by atomic mass is 32.2.